The largest absolute Gasteiger partial charge is 0.460 e. The fourth-order valence-corrected chi connectivity index (χ4v) is 1.61. The molecule has 1 aromatic heterocycles. The van der Waals surface area contributed by atoms with Crippen LogP contribution in [0.4, 0.5) is 6.01 Å². The Labute approximate surface area is 112 Å². The number of hydrogen-bond acceptors (Lipinski definition) is 5. The van der Waals surface area contributed by atoms with Crippen LogP contribution in [0, 0.1) is 0 Å². The Hall–Kier alpha value is -2.04. The van der Waals surface area contributed by atoms with Crippen molar-refractivity contribution < 1.29 is 13.9 Å². The molecule has 102 valence electrons. The average molecular weight is 262 g/mol. The number of nitrogens with one attached hydrogen (secondary N) is 1. The van der Waals surface area contributed by atoms with Gasteiger partial charge in [0.25, 0.3) is 6.01 Å². The van der Waals surface area contributed by atoms with E-state index in [4.69, 9.17) is 9.15 Å². The molecule has 1 aromatic carbocycles. The normalized spacial score (nSPS) is 11.5. The zero-order valence-corrected chi connectivity index (χ0v) is 11.4. The first-order valence-electron chi connectivity index (χ1n) is 6.25. The Morgan fingerprint density at radius 2 is 2.11 bits per heavy atom. The van der Waals surface area contributed by atoms with Gasteiger partial charge in [0, 0.05) is 6.54 Å². The molecule has 1 heterocycles. The average Bonchev–Trinajstić information content (AvgIpc) is 2.68. The summed E-state index contributed by atoms with van der Waals surface area (Å²) in [5, 5.41) is 2.97. The second kappa shape index (κ2) is 5.30. The van der Waals surface area contributed by atoms with E-state index in [0.717, 1.165) is 11.1 Å². The molecule has 2 rings (SSSR count). The number of anilines is 1. The number of aromatic nitrogens is 1. The minimum atomic E-state index is -0.450. The highest BCUT2D eigenvalue weighted by molar-refractivity contribution is 5.74. The monoisotopic (exact) mass is 262 g/mol. The SMILES string of the molecule is CC(C)(C)OC(=O)CCNc1nc2ccccc2o1. The van der Waals surface area contributed by atoms with Crippen molar-refractivity contribution >= 4 is 23.1 Å². The number of carbonyl (C=O) groups is 1. The van der Waals surface area contributed by atoms with Gasteiger partial charge in [-0.2, -0.15) is 4.98 Å². The first-order valence-corrected chi connectivity index (χ1v) is 6.25. The summed E-state index contributed by atoms with van der Waals surface area (Å²) < 4.78 is 10.7. The van der Waals surface area contributed by atoms with Crippen LogP contribution in [0.1, 0.15) is 27.2 Å². The van der Waals surface area contributed by atoms with Gasteiger partial charge in [0.1, 0.15) is 11.1 Å². The number of carbonyl (C=O) groups excluding carboxylic acids is 1. The van der Waals surface area contributed by atoms with E-state index in [1.54, 1.807) is 0 Å². The lowest BCUT2D eigenvalue weighted by molar-refractivity contribution is -0.154. The van der Waals surface area contributed by atoms with E-state index < -0.39 is 5.60 Å². The molecular formula is C14H18N2O3. The van der Waals surface area contributed by atoms with Crippen LogP contribution in [0.2, 0.25) is 0 Å². The van der Waals surface area contributed by atoms with E-state index in [2.05, 4.69) is 10.3 Å². The van der Waals surface area contributed by atoms with Crippen LogP contribution in [-0.4, -0.2) is 23.1 Å². The van der Waals surface area contributed by atoms with Gasteiger partial charge < -0.3 is 14.5 Å². The molecule has 1 N–H and O–H groups in total. The number of hydrogen-bond donors (Lipinski definition) is 1. The maximum Gasteiger partial charge on any atom is 0.308 e. The fraction of sp³-hybridized carbons (Fsp3) is 0.429. The number of para-hydroxylation sites is 2. The van der Waals surface area contributed by atoms with Crippen molar-refractivity contribution in [1.82, 2.24) is 4.98 Å². The van der Waals surface area contributed by atoms with Crippen molar-refractivity contribution in [2.75, 3.05) is 11.9 Å². The molecule has 0 aliphatic carbocycles. The van der Waals surface area contributed by atoms with Crippen LogP contribution in [-0.2, 0) is 9.53 Å². The first-order chi connectivity index (χ1) is 8.94. The molecule has 0 radical (unpaired) electrons. The molecule has 2 aromatic rings. The van der Waals surface area contributed by atoms with Gasteiger partial charge in [-0.3, -0.25) is 4.79 Å². The van der Waals surface area contributed by atoms with E-state index in [9.17, 15) is 4.79 Å². The standard InChI is InChI=1S/C14H18N2O3/c1-14(2,3)19-12(17)8-9-15-13-16-10-6-4-5-7-11(10)18-13/h4-7H,8-9H2,1-3H3,(H,15,16). The highest BCUT2D eigenvalue weighted by atomic mass is 16.6. The first kappa shape index (κ1) is 13.4. The number of esters is 1. The van der Waals surface area contributed by atoms with Crippen LogP contribution >= 0.6 is 0 Å². The maximum absolute atomic E-state index is 11.5. The van der Waals surface area contributed by atoms with E-state index in [-0.39, 0.29) is 12.4 Å². The Kier molecular flexibility index (Phi) is 3.74. The van der Waals surface area contributed by atoms with Crippen molar-refractivity contribution in [3.05, 3.63) is 24.3 Å². The second-order valence-corrected chi connectivity index (χ2v) is 5.25. The number of rotatable bonds is 4. The molecule has 5 nitrogen and oxygen atoms in total. The predicted octanol–water partition coefficient (Wildman–Crippen LogP) is 2.97. The van der Waals surface area contributed by atoms with Crippen LogP contribution in [0.5, 0.6) is 0 Å². The molecule has 0 unspecified atom stereocenters. The Morgan fingerprint density at radius 1 is 1.37 bits per heavy atom. The molecule has 0 fully saturated rings. The molecular weight excluding hydrogens is 244 g/mol. The summed E-state index contributed by atoms with van der Waals surface area (Å²) in [7, 11) is 0. The van der Waals surface area contributed by atoms with Crippen molar-refractivity contribution in [2.45, 2.75) is 32.8 Å². The lowest BCUT2D eigenvalue weighted by atomic mass is 10.2. The molecule has 0 spiro atoms. The molecule has 0 aliphatic rings. The van der Waals surface area contributed by atoms with Crippen LogP contribution < -0.4 is 5.32 Å². The molecule has 0 bridgehead atoms. The quantitative estimate of drug-likeness (QED) is 0.858. The Balaban J connectivity index is 1.84. The van der Waals surface area contributed by atoms with E-state index in [1.165, 1.54) is 0 Å². The third-order valence-corrected chi connectivity index (χ3v) is 2.32. The summed E-state index contributed by atoms with van der Waals surface area (Å²) >= 11 is 0. The van der Waals surface area contributed by atoms with Gasteiger partial charge in [0.2, 0.25) is 0 Å². The maximum atomic E-state index is 11.5. The molecule has 19 heavy (non-hydrogen) atoms. The minimum Gasteiger partial charge on any atom is -0.460 e. The van der Waals surface area contributed by atoms with Gasteiger partial charge in [-0.05, 0) is 32.9 Å². The fourth-order valence-electron chi connectivity index (χ4n) is 1.61. The van der Waals surface area contributed by atoms with E-state index in [1.807, 2.05) is 45.0 Å². The van der Waals surface area contributed by atoms with Gasteiger partial charge >= 0.3 is 5.97 Å². The zero-order valence-electron chi connectivity index (χ0n) is 11.4. The zero-order chi connectivity index (χ0) is 13.9. The molecule has 0 amide bonds. The number of oxazole rings is 1. The lowest BCUT2D eigenvalue weighted by Gasteiger charge is -2.19. The minimum absolute atomic E-state index is 0.240. The predicted molar refractivity (Wildman–Crippen MR) is 73.0 cm³/mol. The van der Waals surface area contributed by atoms with Crippen molar-refractivity contribution in [3.63, 3.8) is 0 Å². The summed E-state index contributed by atoms with van der Waals surface area (Å²) in [6, 6.07) is 7.93. The van der Waals surface area contributed by atoms with Gasteiger partial charge in [-0.1, -0.05) is 12.1 Å². The summed E-state index contributed by atoms with van der Waals surface area (Å²) in [6.07, 6.45) is 0.274. The van der Waals surface area contributed by atoms with Crippen molar-refractivity contribution in [3.8, 4) is 0 Å². The highest BCUT2D eigenvalue weighted by Crippen LogP contribution is 2.18. The summed E-state index contributed by atoms with van der Waals surface area (Å²) in [4.78, 5) is 15.8. The van der Waals surface area contributed by atoms with Crippen LogP contribution in [0.25, 0.3) is 11.1 Å². The summed E-state index contributed by atoms with van der Waals surface area (Å²) in [5.41, 5.74) is 1.07. The van der Waals surface area contributed by atoms with Gasteiger partial charge in [-0.25, -0.2) is 0 Å². The van der Waals surface area contributed by atoms with Gasteiger partial charge in [0.15, 0.2) is 5.58 Å². The third kappa shape index (κ3) is 3.98. The smallest absolute Gasteiger partial charge is 0.308 e. The molecule has 0 atom stereocenters. The lowest BCUT2D eigenvalue weighted by Crippen LogP contribution is -2.25. The van der Waals surface area contributed by atoms with Gasteiger partial charge in [0.05, 0.1) is 6.42 Å². The molecule has 5 heteroatoms. The van der Waals surface area contributed by atoms with Crippen molar-refractivity contribution in [1.29, 1.82) is 0 Å². The van der Waals surface area contributed by atoms with Gasteiger partial charge in [-0.15, -0.1) is 0 Å². The molecule has 0 aliphatic heterocycles. The Morgan fingerprint density at radius 3 is 2.79 bits per heavy atom. The Bertz CT molecular complexity index is 536. The third-order valence-electron chi connectivity index (χ3n) is 2.32. The number of benzene rings is 1. The number of nitrogens with zero attached hydrogens (tertiary/aromatic N) is 1. The van der Waals surface area contributed by atoms with Crippen molar-refractivity contribution in [2.24, 2.45) is 0 Å². The summed E-state index contributed by atoms with van der Waals surface area (Å²) in [6.45, 7) is 5.97. The topological polar surface area (TPSA) is 64.4 Å². The van der Waals surface area contributed by atoms with E-state index in [0.29, 0.717) is 12.6 Å². The molecule has 0 saturated heterocycles. The number of ether oxygens (including phenoxy) is 1. The van der Waals surface area contributed by atoms with E-state index >= 15 is 0 Å². The van der Waals surface area contributed by atoms with Crippen LogP contribution in [0.15, 0.2) is 28.7 Å². The second-order valence-electron chi connectivity index (χ2n) is 5.25. The van der Waals surface area contributed by atoms with Crippen LogP contribution in [0.3, 0.4) is 0 Å². The highest BCUT2D eigenvalue weighted by Gasteiger charge is 2.15. The molecule has 0 saturated carbocycles. The number of fused-ring (bicyclic) bond motifs is 1. The summed E-state index contributed by atoms with van der Waals surface area (Å²) in [5.74, 6) is -0.240.